The van der Waals surface area contributed by atoms with E-state index in [1.54, 1.807) is 14.2 Å². The molecular formula is C31H37NO4. The molecule has 7 unspecified atom stereocenters. The Morgan fingerprint density at radius 2 is 1.94 bits per heavy atom. The normalized spacial score (nSPS) is 38.9. The number of hydrogen-bond donors (Lipinski definition) is 1. The van der Waals surface area contributed by atoms with Crippen molar-refractivity contribution in [3.05, 3.63) is 71.3 Å². The molecule has 6 aliphatic rings. The first-order chi connectivity index (χ1) is 17.3. The summed E-state index contributed by atoms with van der Waals surface area (Å²) in [4.78, 5) is 2.55. The Bertz CT molecular complexity index is 1240. The molecule has 0 aromatic heterocycles. The highest BCUT2D eigenvalue weighted by Gasteiger charge is 2.80. The SMILES string of the molecule is COc1ccc2c3c1OC1C4(OC)C=CC5(CC4C(C)(O)CCc4ccccc4)C(C2)N(C)CCC315. The number of benzene rings is 2. The third kappa shape index (κ3) is 2.52. The molecule has 5 nitrogen and oxygen atoms in total. The van der Waals surface area contributed by atoms with Crippen LogP contribution in [-0.4, -0.2) is 61.2 Å². The van der Waals surface area contributed by atoms with Crippen molar-refractivity contribution in [3.63, 3.8) is 0 Å². The van der Waals surface area contributed by atoms with Gasteiger partial charge in [-0.15, -0.1) is 0 Å². The third-order valence-electron chi connectivity index (χ3n) is 10.8. The van der Waals surface area contributed by atoms with Gasteiger partial charge in [0.25, 0.3) is 0 Å². The molecule has 4 bridgehead atoms. The van der Waals surface area contributed by atoms with E-state index < -0.39 is 11.2 Å². The molecule has 36 heavy (non-hydrogen) atoms. The average molecular weight is 488 g/mol. The fourth-order valence-corrected chi connectivity index (χ4v) is 9.13. The van der Waals surface area contributed by atoms with E-state index in [1.165, 1.54) is 16.7 Å². The zero-order valence-electron chi connectivity index (χ0n) is 21.8. The molecule has 2 aliphatic heterocycles. The van der Waals surface area contributed by atoms with Gasteiger partial charge in [0.2, 0.25) is 0 Å². The Hall–Kier alpha value is -2.34. The molecule has 2 aromatic rings. The smallest absolute Gasteiger partial charge is 0.166 e. The summed E-state index contributed by atoms with van der Waals surface area (Å²) in [5.41, 5.74) is 2.08. The lowest BCUT2D eigenvalue weighted by molar-refractivity contribution is -0.247. The number of nitrogens with zero attached hydrogens (tertiary/aromatic N) is 1. The first-order valence-electron chi connectivity index (χ1n) is 13.4. The Labute approximate surface area is 214 Å². The molecule has 4 aliphatic carbocycles. The highest BCUT2D eigenvalue weighted by molar-refractivity contribution is 5.65. The number of piperidine rings is 1. The van der Waals surface area contributed by atoms with Crippen LogP contribution in [0, 0.1) is 11.3 Å². The molecule has 1 saturated carbocycles. The largest absolute Gasteiger partial charge is 0.493 e. The highest BCUT2D eigenvalue weighted by atomic mass is 16.6. The van der Waals surface area contributed by atoms with Gasteiger partial charge in [-0.1, -0.05) is 48.6 Å². The molecular weight excluding hydrogens is 450 g/mol. The Morgan fingerprint density at radius 3 is 2.69 bits per heavy atom. The summed E-state index contributed by atoms with van der Waals surface area (Å²) in [6.07, 6.45) is 8.97. The number of hydrogen-bond acceptors (Lipinski definition) is 5. The van der Waals surface area contributed by atoms with E-state index in [9.17, 15) is 5.11 Å². The van der Waals surface area contributed by atoms with Gasteiger partial charge in [0.05, 0.1) is 18.1 Å². The van der Waals surface area contributed by atoms with Gasteiger partial charge < -0.3 is 24.2 Å². The zero-order chi connectivity index (χ0) is 24.9. The summed E-state index contributed by atoms with van der Waals surface area (Å²) in [5.74, 6) is 1.63. The Kier molecular flexibility index (Phi) is 4.67. The molecule has 7 atom stereocenters. The summed E-state index contributed by atoms with van der Waals surface area (Å²) in [5, 5.41) is 12.2. The van der Waals surface area contributed by atoms with E-state index in [-0.39, 0.29) is 22.9 Å². The van der Waals surface area contributed by atoms with Gasteiger partial charge in [0.15, 0.2) is 11.5 Å². The van der Waals surface area contributed by atoms with E-state index in [0.717, 1.165) is 43.7 Å². The van der Waals surface area contributed by atoms with Crippen LogP contribution in [0.1, 0.15) is 42.9 Å². The second-order valence-corrected chi connectivity index (χ2v) is 12.1. The van der Waals surface area contributed by atoms with Crippen molar-refractivity contribution in [1.82, 2.24) is 4.90 Å². The van der Waals surface area contributed by atoms with Crippen LogP contribution in [0.4, 0.5) is 0 Å². The number of aliphatic hydroxyl groups is 1. The van der Waals surface area contributed by atoms with Crippen LogP contribution in [0.3, 0.4) is 0 Å². The molecule has 2 aromatic carbocycles. The predicted molar refractivity (Wildman–Crippen MR) is 139 cm³/mol. The number of likely N-dealkylation sites (N-methyl/N-ethyl adjacent to an activating group) is 1. The minimum atomic E-state index is -0.916. The van der Waals surface area contributed by atoms with E-state index >= 15 is 0 Å². The number of ether oxygens (including phenoxy) is 3. The number of likely N-dealkylation sites (tertiary alicyclic amines) is 1. The van der Waals surface area contributed by atoms with Gasteiger partial charge in [-0.05, 0) is 69.8 Å². The van der Waals surface area contributed by atoms with Crippen LogP contribution in [0.2, 0.25) is 0 Å². The Morgan fingerprint density at radius 1 is 1.14 bits per heavy atom. The molecule has 5 heteroatoms. The summed E-state index contributed by atoms with van der Waals surface area (Å²) in [6, 6.07) is 15.2. The second-order valence-electron chi connectivity index (χ2n) is 12.1. The quantitative estimate of drug-likeness (QED) is 0.616. The third-order valence-corrected chi connectivity index (χ3v) is 10.8. The molecule has 0 amide bonds. The van der Waals surface area contributed by atoms with Gasteiger partial charge in [0, 0.05) is 30.0 Å². The van der Waals surface area contributed by atoms with Crippen molar-refractivity contribution in [2.75, 3.05) is 27.8 Å². The average Bonchev–Trinajstić information content (AvgIpc) is 3.27. The van der Waals surface area contributed by atoms with Crippen molar-refractivity contribution in [2.45, 2.75) is 67.8 Å². The molecule has 0 radical (unpaired) electrons. The topological polar surface area (TPSA) is 51.2 Å². The highest BCUT2D eigenvalue weighted by Crippen LogP contribution is 2.75. The minimum Gasteiger partial charge on any atom is -0.493 e. The molecule has 8 rings (SSSR count). The maximum atomic E-state index is 12.2. The summed E-state index contributed by atoms with van der Waals surface area (Å²) < 4.78 is 19.4. The fraction of sp³-hybridized carbons (Fsp3) is 0.548. The van der Waals surface area contributed by atoms with Crippen molar-refractivity contribution >= 4 is 0 Å². The predicted octanol–water partition coefficient (Wildman–Crippen LogP) is 4.30. The maximum absolute atomic E-state index is 12.2. The monoisotopic (exact) mass is 487 g/mol. The summed E-state index contributed by atoms with van der Waals surface area (Å²) in [6.45, 7) is 3.06. The number of methoxy groups -OCH3 is 2. The van der Waals surface area contributed by atoms with E-state index in [4.69, 9.17) is 14.2 Å². The van der Waals surface area contributed by atoms with E-state index in [0.29, 0.717) is 12.5 Å². The minimum absolute atomic E-state index is 0.0855. The van der Waals surface area contributed by atoms with E-state index in [2.05, 4.69) is 60.5 Å². The number of fused-ring (bicyclic) bond motifs is 1. The molecule has 1 N–H and O–H groups in total. The molecule has 2 heterocycles. The number of aryl methyl sites for hydroxylation is 1. The van der Waals surface area contributed by atoms with Gasteiger partial charge in [0.1, 0.15) is 11.7 Å². The van der Waals surface area contributed by atoms with Crippen molar-refractivity contribution < 1.29 is 19.3 Å². The molecule has 1 saturated heterocycles. The summed E-state index contributed by atoms with van der Waals surface area (Å²) in [7, 11) is 5.81. The van der Waals surface area contributed by atoms with Crippen molar-refractivity contribution in [2.24, 2.45) is 11.3 Å². The van der Waals surface area contributed by atoms with E-state index in [1.807, 2.05) is 13.0 Å². The van der Waals surface area contributed by atoms with Crippen LogP contribution in [0.25, 0.3) is 0 Å². The van der Waals surface area contributed by atoms with Gasteiger partial charge in [-0.2, -0.15) is 0 Å². The molecule has 2 fully saturated rings. The standard InChI is InChI=1S/C31H37NO4/c1-28(33,13-12-20-8-6-5-7-9-20)23-19-29-14-15-31(23,35-4)27-30(29)16-17-32(2)24(29)18-21-10-11-22(34-3)26(36-27)25(21)30/h5-11,14-15,23-24,27,33H,12-13,16-19H2,1-4H3. The van der Waals surface area contributed by atoms with Crippen molar-refractivity contribution in [3.8, 4) is 11.5 Å². The van der Waals surface area contributed by atoms with Gasteiger partial charge in [-0.25, -0.2) is 0 Å². The van der Waals surface area contributed by atoms with Crippen LogP contribution < -0.4 is 9.47 Å². The zero-order valence-corrected chi connectivity index (χ0v) is 21.8. The first-order valence-corrected chi connectivity index (χ1v) is 13.4. The van der Waals surface area contributed by atoms with Crippen LogP contribution >= 0.6 is 0 Å². The van der Waals surface area contributed by atoms with Gasteiger partial charge >= 0.3 is 0 Å². The lowest BCUT2D eigenvalue weighted by Crippen LogP contribution is -2.80. The molecule has 190 valence electrons. The Balaban J connectivity index is 1.39. The molecule has 2 spiro atoms. The van der Waals surface area contributed by atoms with Crippen LogP contribution in [-0.2, 0) is 23.0 Å². The lowest BCUT2D eigenvalue weighted by Gasteiger charge is -2.72. The van der Waals surface area contributed by atoms with Crippen LogP contribution in [0.15, 0.2) is 54.6 Å². The lowest BCUT2D eigenvalue weighted by atomic mass is 9.36. The van der Waals surface area contributed by atoms with Gasteiger partial charge in [-0.3, -0.25) is 0 Å². The van der Waals surface area contributed by atoms with Crippen LogP contribution in [0.5, 0.6) is 11.5 Å². The fourth-order valence-electron chi connectivity index (χ4n) is 9.13. The summed E-state index contributed by atoms with van der Waals surface area (Å²) >= 11 is 0. The maximum Gasteiger partial charge on any atom is 0.166 e. The second kappa shape index (κ2) is 7.37. The van der Waals surface area contributed by atoms with Crippen molar-refractivity contribution in [1.29, 1.82) is 0 Å². The number of rotatable bonds is 6. The first kappa shape index (κ1) is 22.8.